The van der Waals surface area contributed by atoms with E-state index in [1.807, 2.05) is 12.1 Å². The van der Waals surface area contributed by atoms with Crippen molar-refractivity contribution in [3.63, 3.8) is 0 Å². The number of nitrogens with one attached hydrogen (secondary N) is 1. The highest BCUT2D eigenvalue weighted by atomic mass is 32.2. The number of hydrogen-bond acceptors (Lipinski definition) is 7. The van der Waals surface area contributed by atoms with Crippen molar-refractivity contribution in [2.45, 2.75) is 23.2 Å². The predicted octanol–water partition coefficient (Wildman–Crippen LogP) is 2.73. The lowest BCUT2D eigenvalue weighted by molar-refractivity contribution is -0.152. The SMILES string of the molecule is CNCCN1C(=O)[C@H](OC(C)=O)[C@H](c2ccc(OC)cc2)Sc2cc(O)ccc21. The Kier molecular flexibility index (Phi) is 6.66. The molecule has 0 unspecified atom stereocenters. The predicted molar refractivity (Wildman–Crippen MR) is 112 cm³/mol. The summed E-state index contributed by atoms with van der Waals surface area (Å²) in [6.07, 6.45) is -1.00. The summed E-state index contributed by atoms with van der Waals surface area (Å²) >= 11 is 1.39. The van der Waals surface area contributed by atoms with E-state index in [9.17, 15) is 14.7 Å². The largest absolute Gasteiger partial charge is 0.508 e. The molecule has 1 aliphatic rings. The van der Waals surface area contributed by atoms with Crippen molar-refractivity contribution in [3.05, 3.63) is 48.0 Å². The van der Waals surface area contributed by atoms with E-state index in [2.05, 4.69) is 5.32 Å². The van der Waals surface area contributed by atoms with Crippen LogP contribution in [0.15, 0.2) is 47.4 Å². The molecule has 2 aromatic carbocycles. The van der Waals surface area contributed by atoms with Crippen molar-refractivity contribution in [3.8, 4) is 11.5 Å². The molecule has 3 rings (SSSR count). The van der Waals surface area contributed by atoms with E-state index in [0.717, 1.165) is 10.5 Å². The zero-order valence-corrected chi connectivity index (χ0v) is 17.4. The topological polar surface area (TPSA) is 88.1 Å². The summed E-state index contributed by atoms with van der Waals surface area (Å²) < 4.78 is 10.7. The first kappa shape index (κ1) is 21.0. The van der Waals surface area contributed by atoms with Gasteiger partial charge in [-0.05, 0) is 42.9 Å². The fourth-order valence-corrected chi connectivity index (χ4v) is 4.55. The monoisotopic (exact) mass is 416 g/mol. The summed E-state index contributed by atoms with van der Waals surface area (Å²) in [5.41, 5.74) is 1.50. The van der Waals surface area contributed by atoms with E-state index in [0.29, 0.717) is 24.5 Å². The van der Waals surface area contributed by atoms with E-state index < -0.39 is 17.3 Å². The molecule has 0 fully saturated rings. The minimum absolute atomic E-state index is 0.108. The van der Waals surface area contributed by atoms with Crippen molar-refractivity contribution < 1.29 is 24.2 Å². The van der Waals surface area contributed by atoms with Gasteiger partial charge < -0.3 is 24.8 Å². The second-order valence-electron chi connectivity index (χ2n) is 6.59. The van der Waals surface area contributed by atoms with Crippen LogP contribution in [0.2, 0.25) is 0 Å². The van der Waals surface area contributed by atoms with Crippen LogP contribution in [-0.4, -0.2) is 50.3 Å². The number of anilines is 1. The van der Waals surface area contributed by atoms with E-state index in [-0.39, 0.29) is 11.7 Å². The number of phenols is 1. The van der Waals surface area contributed by atoms with Crippen molar-refractivity contribution >= 4 is 29.3 Å². The number of ether oxygens (including phenoxy) is 2. The lowest BCUT2D eigenvalue weighted by atomic mass is 10.1. The van der Waals surface area contributed by atoms with Gasteiger partial charge in [-0.15, -0.1) is 11.8 Å². The zero-order valence-electron chi connectivity index (χ0n) is 16.5. The van der Waals surface area contributed by atoms with Gasteiger partial charge in [-0.25, -0.2) is 0 Å². The van der Waals surface area contributed by atoms with Crippen LogP contribution in [0, 0.1) is 0 Å². The molecule has 0 saturated heterocycles. The molecule has 2 N–H and O–H groups in total. The Morgan fingerprint density at radius 2 is 1.97 bits per heavy atom. The van der Waals surface area contributed by atoms with Crippen LogP contribution in [0.4, 0.5) is 5.69 Å². The normalized spacial score (nSPS) is 18.7. The van der Waals surface area contributed by atoms with Gasteiger partial charge >= 0.3 is 5.97 Å². The number of rotatable bonds is 6. The van der Waals surface area contributed by atoms with Crippen LogP contribution >= 0.6 is 11.8 Å². The molecule has 29 heavy (non-hydrogen) atoms. The molecule has 7 nitrogen and oxygen atoms in total. The van der Waals surface area contributed by atoms with E-state index in [1.165, 1.54) is 18.7 Å². The molecule has 1 heterocycles. The summed E-state index contributed by atoms with van der Waals surface area (Å²) in [6, 6.07) is 12.2. The van der Waals surface area contributed by atoms with Gasteiger partial charge in [0.15, 0.2) is 6.10 Å². The fraction of sp³-hybridized carbons (Fsp3) is 0.333. The van der Waals surface area contributed by atoms with Gasteiger partial charge in [0.1, 0.15) is 11.5 Å². The summed E-state index contributed by atoms with van der Waals surface area (Å²) in [5, 5.41) is 12.6. The van der Waals surface area contributed by atoms with Crippen LogP contribution in [0.1, 0.15) is 17.7 Å². The minimum atomic E-state index is -1.00. The third kappa shape index (κ3) is 4.65. The van der Waals surface area contributed by atoms with E-state index in [4.69, 9.17) is 9.47 Å². The van der Waals surface area contributed by atoms with Gasteiger partial charge in [0.2, 0.25) is 0 Å². The molecule has 0 saturated carbocycles. The number of carbonyl (C=O) groups is 2. The lowest BCUT2D eigenvalue weighted by Crippen LogP contribution is -2.45. The summed E-state index contributed by atoms with van der Waals surface area (Å²) in [4.78, 5) is 27.6. The maximum atomic E-state index is 13.5. The van der Waals surface area contributed by atoms with E-state index in [1.54, 1.807) is 49.4 Å². The number of nitrogens with zero attached hydrogens (tertiary/aromatic N) is 1. The average molecular weight is 416 g/mol. The number of likely N-dealkylation sites (N-methyl/N-ethyl adjacent to an activating group) is 1. The molecule has 1 amide bonds. The Balaban J connectivity index is 2.10. The Morgan fingerprint density at radius 3 is 2.59 bits per heavy atom. The van der Waals surface area contributed by atoms with Gasteiger partial charge in [-0.1, -0.05) is 12.1 Å². The fourth-order valence-electron chi connectivity index (χ4n) is 3.20. The minimum Gasteiger partial charge on any atom is -0.508 e. The van der Waals surface area contributed by atoms with Gasteiger partial charge in [0.05, 0.1) is 18.0 Å². The zero-order chi connectivity index (χ0) is 21.0. The van der Waals surface area contributed by atoms with Crippen molar-refractivity contribution in [1.82, 2.24) is 5.32 Å². The number of methoxy groups -OCH3 is 1. The van der Waals surface area contributed by atoms with E-state index >= 15 is 0 Å². The molecule has 2 atom stereocenters. The number of thioether (sulfide) groups is 1. The van der Waals surface area contributed by atoms with Crippen LogP contribution < -0.4 is 15.0 Å². The highest BCUT2D eigenvalue weighted by Crippen LogP contribution is 2.47. The van der Waals surface area contributed by atoms with Crippen LogP contribution in [-0.2, 0) is 14.3 Å². The number of benzene rings is 2. The number of fused-ring (bicyclic) bond motifs is 1. The summed E-state index contributed by atoms with van der Waals surface area (Å²) in [5.74, 6) is -0.0221. The Labute approximate surface area is 174 Å². The molecule has 0 aromatic heterocycles. The number of aromatic hydroxyl groups is 1. The second-order valence-corrected chi connectivity index (χ2v) is 7.77. The van der Waals surface area contributed by atoms with Gasteiger partial charge in [0.25, 0.3) is 5.91 Å². The van der Waals surface area contributed by atoms with Gasteiger partial charge in [-0.2, -0.15) is 0 Å². The van der Waals surface area contributed by atoms with Crippen molar-refractivity contribution in [2.24, 2.45) is 0 Å². The Bertz CT molecular complexity index is 887. The summed E-state index contributed by atoms with van der Waals surface area (Å²) in [7, 11) is 3.39. The summed E-state index contributed by atoms with van der Waals surface area (Å²) in [6.45, 7) is 2.27. The third-order valence-electron chi connectivity index (χ3n) is 4.60. The molecule has 0 aliphatic carbocycles. The van der Waals surface area contributed by atoms with Gasteiger partial charge in [-0.3, -0.25) is 9.59 Å². The number of esters is 1. The highest BCUT2D eigenvalue weighted by molar-refractivity contribution is 7.99. The Morgan fingerprint density at radius 1 is 1.24 bits per heavy atom. The lowest BCUT2D eigenvalue weighted by Gasteiger charge is -2.27. The standard InChI is InChI=1S/C21H24N2O5S/c1-13(24)28-19-20(14-4-7-16(27-3)8-5-14)29-18-12-15(25)6-9-17(18)23(21(19)26)11-10-22-2/h4-9,12,19-20,22,25H,10-11H2,1-3H3/t19-,20+/m1/s1. The molecule has 0 spiro atoms. The number of phenolic OH excluding ortho intramolecular Hbond substituents is 1. The van der Waals surface area contributed by atoms with Crippen LogP contribution in [0.3, 0.4) is 0 Å². The molecular formula is C21H24N2O5S. The van der Waals surface area contributed by atoms with Crippen molar-refractivity contribution in [2.75, 3.05) is 32.1 Å². The van der Waals surface area contributed by atoms with Crippen LogP contribution in [0.25, 0.3) is 0 Å². The van der Waals surface area contributed by atoms with Gasteiger partial charge in [0, 0.05) is 24.9 Å². The first-order chi connectivity index (χ1) is 13.9. The number of carbonyl (C=O) groups excluding carboxylic acids is 2. The maximum absolute atomic E-state index is 13.5. The molecular weight excluding hydrogens is 392 g/mol. The smallest absolute Gasteiger partial charge is 0.303 e. The number of hydrogen-bond donors (Lipinski definition) is 2. The molecule has 154 valence electrons. The molecule has 0 radical (unpaired) electrons. The Hall–Kier alpha value is -2.71. The molecule has 8 heteroatoms. The quantitative estimate of drug-likeness (QED) is 0.700. The average Bonchev–Trinajstić information content (AvgIpc) is 2.81. The number of amides is 1. The molecule has 1 aliphatic heterocycles. The van der Waals surface area contributed by atoms with Crippen LogP contribution in [0.5, 0.6) is 11.5 Å². The molecule has 0 bridgehead atoms. The first-order valence-corrected chi connectivity index (χ1v) is 10.1. The second kappa shape index (κ2) is 9.19. The highest BCUT2D eigenvalue weighted by Gasteiger charge is 2.40. The third-order valence-corrected chi connectivity index (χ3v) is 5.95. The molecule has 2 aromatic rings. The maximum Gasteiger partial charge on any atom is 0.303 e. The first-order valence-electron chi connectivity index (χ1n) is 9.21. The van der Waals surface area contributed by atoms with Crippen molar-refractivity contribution in [1.29, 1.82) is 0 Å².